The first-order valence-electron chi connectivity index (χ1n) is 15.2. The minimum absolute atomic E-state index is 0.281. The van der Waals surface area contributed by atoms with Crippen molar-refractivity contribution < 1.29 is 13.2 Å². The SMILES string of the molecule is FC(F)(F)c1ccc(N2CCC[C@H](N[C@@H]3CCCC[C@H]3Nc3cc(-c4cccc(N5CCCC5)c4)ccn3)C2)cc1. The van der Waals surface area contributed by atoms with Gasteiger partial charge in [-0.15, -0.1) is 0 Å². The van der Waals surface area contributed by atoms with Gasteiger partial charge in [0.1, 0.15) is 5.82 Å². The normalized spacial score (nSPS) is 23.5. The van der Waals surface area contributed by atoms with Crippen molar-refractivity contribution in [3.63, 3.8) is 0 Å². The lowest BCUT2D eigenvalue weighted by molar-refractivity contribution is -0.137. The Bertz CT molecular complexity index is 1290. The van der Waals surface area contributed by atoms with E-state index in [2.05, 4.69) is 61.8 Å². The minimum Gasteiger partial charge on any atom is -0.372 e. The molecule has 3 atom stereocenters. The number of piperidine rings is 1. The van der Waals surface area contributed by atoms with Crippen LogP contribution in [0.3, 0.4) is 0 Å². The van der Waals surface area contributed by atoms with Crippen LogP contribution >= 0.6 is 0 Å². The highest BCUT2D eigenvalue weighted by Crippen LogP contribution is 2.32. The van der Waals surface area contributed by atoms with E-state index in [1.54, 1.807) is 12.1 Å². The molecule has 41 heavy (non-hydrogen) atoms. The van der Waals surface area contributed by atoms with Gasteiger partial charge in [-0.3, -0.25) is 0 Å². The van der Waals surface area contributed by atoms with E-state index >= 15 is 0 Å². The van der Waals surface area contributed by atoms with Crippen LogP contribution in [0.4, 0.5) is 30.4 Å². The number of alkyl halides is 3. The first kappa shape index (κ1) is 27.9. The van der Waals surface area contributed by atoms with Crippen molar-refractivity contribution >= 4 is 17.2 Å². The Hall–Kier alpha value is -3.26. The van der Waals surface area contributed by atoms with Gasteiger partial charge in [0.05, 0.1) is 5.56 Å². The maximum absolute atomic E-state index is 13.0. The molecule has 2 aliphatic heterocycles. The third kappa shape index (κ3) is 6.80. The number of anilines is 3. The van der Waals surface area contributed by atoms with Gasteiger partial charge in [0.15, 0.2) is 0 Å². The zero-order valence-electron chi connectivity index (χ0n) is 23.5. The summed E-state index contributed by atoms with van der Waals surface area (Å²) in [6, 6.07) is 19.6. The van der Waals surface area contributed by atoms with E-state index < -0.39 is 11.7 Å². The predicted octanol–water partition coefficient (Wildman–Crippen LogP) is 7.35. The maximum atomic E-state index is 13.0. The molecule has 1 saturated carbocycles. The Morgan fingerprint density at radius 1 is 0.707 bits per heavy atom. The van der Waals surface area contributed by atoms with Crippen molar-refractivity contribution in [2.45, 2.75) is 75.7 Å². The van der Waals surface area contributed by atoms with Crippen LogP contribution in [0.15, 0.2) is 66.9 Å². The van der Waals surface area contributed by atoms with Crippen molar-refractivity contribution in [3.05, 3.63) is 72.4 Å². The number of rotatable bonds is 7. The highest BCUT2D eigenvalue weighted by Gasteiger charge is 2.32. The molecule has 3 aliphatic rings. The minimum atomic E-state index is -4.31. The predicted molar refractivity (Wildman–Crippen MR) is 161 cm³/mol. The summed E-state index contributed by atoms with van der Waals surface area (Å²) in [5.41, 5.74) is 3.94. The van der Waals surface area contributed by atoms with E-state index in [-0.39, 0.29) is 6.04 Å². The molecule has 3 fully saturated rings. The Labute approximate surface area is 241 Å². The molecule has 5 nitrogen and oxygen atoms in total. The van der Waals surface area contributed by atoms with Gasteiger partial charge >= 0.3 is 6.18 Å². The molecule has 218 valence electrons. The molecule has 8 heteroatoms. The van der Waals surface area contributed by atoms with Gasteiger partial charge in [0.25, 0.3) is 0 Å². The molecule has 3 aromatic rings. The van der Waals surface area contributed by atoms with Crippen molar-refractivity contribution in [3.8, 4) is 11.1 Å². The molecule has 2 saturated heterocycles. The van der Waals surface area contributed by atoms with Crippen LogP contribution in [-0.4, -0.2) is 49.3 Å². The molecule has 0 radical (unpaired) electrons. The lowest BCUT2D eigenvalue weighted by atomic mass is 9.89. The fraction of sp³-hybridized carbons (Fsp3) is 0.485. The Kier molecular flexibility index (Phi) is 8.37. The third-order valence-corrected chi connectivity index (χ3v) is 8.94. The lowest BCUT2D eigenvalue weighted by Crippen LogP contribution is -2.55. The van der Waals surface area contributed by atoms with E-state index in [1.807, 2.05) is 6.20 Å². The van der Waals surface area contributed by atoms with Crippen LogP contribution in [0, 0.1) is 0 Å². The molecule has 1 aromatic heterocycles. The zero-order valence-corrected chi connectivity index (χ0v) is 23.5. The summed E-state index contributed by atoms with van der Waals surface area (Å²) in [6.07, 6.45) is 6.78. The van der Waals surface area contributed by atoms with Gasteiger partial charge in [-0.05, 0) is 98.2 Å². The van der Waals surface area contributed by atoms with Gasteiger partial charge in [0.2, 0.25) is 0 Å². The first-order valence-corrected chi connectivity index (χ1v) is 15.2. The lowest BCUT2D eigenvalue weighted by Gasteiger charge is -2.40. The number of pyridine rings is 1. The summed E-state index contributed by atoms with van der Waals surface area (Å²) < 4.78 is 39.1. The number of hydrogen-bond acceptors (Lipinski definition) is 5. The van der Waals surface area contributed by atoms with Crippen molar-refractivity contribution in [2.24, 2.45) is 0 Å². The van der Waals surface area contributed by atoms with Gasteiger partial charge in [0, 0.05) is 61.9 Å². The average Bonchev–Trinajstić information content (AvgIpc) is 3.54. The first-order chi connectivity index (χ1) is 19.9. The second-order valence-electron chi connectivity index (χ2n) is 11.8. The molecule has 0 amide bonds. The number of nitrogens with zero attached hydrogens (tertiary/aromatic N) is 3. The topological polar surface area (TPSA) is 43.4 Å². The molecule has 0 bridgehead atoms. The van der Waals surface area contributed by atoms with Crippen molar-refractivity contribution in [1.82, 2.24) is 10.3 Å². The molecular formula is C33H40F3N5. The fourth-order valence-electron chi connectivity index (χ4n) is 6.75. The van der Waals surface area contributed by atoms with Crippen LogP contribution in [0.5, 0.6) is 0 Å². The number of halogens is 3. The van der Waals surface area contributed by atoms with Crippen LogP contribution in [0.2, 0.25) is 0 Å². The molecule has 2 aromatic carbocycles. The molecule has 6 rings (SSSR count). The number of benzene rings is 2. The summed E-state index contributed by atoms with van der Waals surface area (Å²) in [6.45, 7) is 3.93. The molecule has 2 N–H and O–H groups in total. The Morgan fingerprint density at radius 2 is 1.44 bits per heavy atom. The smallest absolute Gasteiger partial charge is 0.372 e. The number of hydrogen-bond donors (Lipinski definition) is 2. The quantitative estimate of drug-likeness (QED) is 0.315. The van der Waals surface area contributed by atoms with Gasteiger partial charge in [-0.2, -0.15) is 13.2 Å². The largest absolute Gasteiger partial charge is 0.416 e. The Balaban J connectivity index is 1.10. The summed E-state index contributed by atoms with van der Waals surface area (Å²) in [5.74, 6) is 0.905. The van der Waals surface area contributed by atoms with Crippen LogP contribution < -0.4 is 20.4 Å². The summed E-state index contributed by atoms with van der Waals surface area (Å²) in [5, 5.41) is 7.69. The molecule has 0 unspecified atom stereocenters. The molecule has 1 aliphatic carbocycles. The second-order valence-corrected chi connectivity index (χ2v) is 11.8. The number of aromatic nitrogens is 1. The third-order valence-electron chi connectivity index (χ3n) is 8.94. The van der Waals surface area contributed by atoms with E-state index in [1.165, 1.54) is 54.6 Å². The second kappa shape index (κ2) is 12.3. The van der Waals surface area contributed by atoms with E-state index in [0.29, 0.717) is 12.1 Å². The zero-order chi connectivity index (χ0) is 28.2. The van der Waals surface area contributed by atoms with Crippen LogP contribution in [-0.2, 0) is 6.18 Å². The Morgan fingerprint density at radius 3 is 2.22 bits per heavy atom. The van der Waals surface area contributed by atoms with Crippen LogP contribution in [0.1, 0.15) is 56.9 Å². The number of nitrogens with one attached hydrogen (secondary N) is 2. The molecule has 0 spiro atoms. The highest BCUT2D eigenvalue weighted by atomic mass is 19.4. The molecular weight excluding hydrogens is 523 g/mol. The van der Waals surface area contributed by atoms with Crippen LogP contribution in [0.25, 0.3) is 11.1 Å². The summed E-state index contributed by atoms with van der Waals surface area (Å²) >= 11 is 0. The fourth-order valence-corrected chi connectivity index (χ4v) is 6.75. The van der Waals surface area contributed by atoms with Gasteiger partial charge in [-0.1, -0.05) is 25.0 Å². The maximum Gasteiger partial charge on any atom is 0.416 e. The van der Waals surface area contributed by atoms with Gasteiger partial charge < -0.3 is 20.4 Å². The summed E-state index contributed by atoms with van der Waals surface area (Å²) in [4.78, 5) is 9.36. The van der Waals surface area contributed by atoms with Crippen molar-refractivity contribution in [2.75, 3.05) is 41.3 Å². The standard InChI is InChI=1S/C33H40F3N5/c34-33(35,36)26-12-14-28(15-13-26)41-20-6-8-27(23-41)38-30-10-1-2-11-31(30)39-32-22-25(16-17-37-32)24-7-5-9-29(21-24)40-18-3-4-19-40/h5,7,9,12-17,21-22,27,30-31,38H,1-4,6,8,10-11,18-20,23H2,(H,37,39)/t27-,30+,31+/m0/s1. The average molecular weight is 564 g/mol. The van der Waals surface area contributed by atoms with E-state index in [0.717, 1.165) is 63.4 Å². The van der Waals surface area contributed by atoms with E-state index in [4.69, 9.17) is 0 Å². The monoisotopic (exact) mass is 563 g/mol. The summed E-state index contributed by atoms with van der Waals surface area (Å²) in [7, 11) is 0. The van der Waals surface area contributed by atoms with Crippen molar-refractivity contribution in [1.29, 1.82) is 0 Å². The molecule has 3 heterocycles. The highest BCUT2D eigenvalue weighted by molar-refractivity contribution is 5.70. The van der Waals surface area contributed by atoms with Gasteiger partial charge in [-0.25, -0.2) is 4.98 Å². The van der Waals surface area contributed by atoms with E-state index in [9.17, 15) is 13.2 Å².